The summed E-state index contributed by atoms with van der Waals surface area (Å²) in [6, 6.07) is 7.02. The van der Waals surface area contributed by atoms with Gasteiger partial charge >= 0.3 is 5.97 Å². The van der Waals surface area contributed by atoms with Gasteiger partial charge in [-0.25, -0.2) is 4.79 Å². The molecule has 4 nitrogen and oxygen atoms in total. The van der Waals surface area contributed by atoms with Gasteiger partial charge in [0.1, 0.15) is 6.29 Å². The maximum atomic E-state index is 11.4. The molecule has 1 aromatic rings. The van der Waals surface area contributed by atoms with Crippen molar-refractivity contribution in [3.05, 3.63) is 57.8 Å². The van der Waals surface area contributed by atoms with Crippen molar-refractivity contribution in [3.8, 4) is 0 Å². The molecule has 1 N–H and O–H groups in total. The van der Waals surface area contributed by atoms with Crippen molar-refractivity contribution in [1.82, 2.24) is 0 Å². The molecule has 0 fully saturated rings. The molecule has 1 aromatic carbocycles. The minimum Gasteiger partial charge on any atom is -0.515 e. The molecule has 0 aliphatic heterocycles. The summed E-state index contributed by atoms with van der Waals surface area (Å²) in [6.45, 7) is 0. The van der Waals surface area contributed by atoms with E-state index in [4.69, 9.17) is 11.6 Å². The zero-order valence-electron chi connectivity index (χ0n) is 11.5. The number of aliphatic hydroxyl groups excluding tert-OH is 1. The predicted molar refractivity (Wildman–Crippen MR) is 79.4 cm³/mol. The third-order valence-electron chi connectivity index (χ3n) is 3.60. The Hall–Kier alpha value is -2.07. The lowest BCUT2D eigenvalue weighted by Crippen LogP contribution is -2.11. The summed E-state index contributed by atoms with van der Waals surface area (Å²) in [4.78, 5) is 22.5. The highest BCUT2D eigenvalue weighted by Gasteiger charge is 2.25. The highest BCUT2D eigenvalue weighted by atomic mass is 35.5. The van der Waals surface area contributed by atoms with Gasteiger partial charge in [0.05, 0.1) is 24.0 Å². The van der Waals surface area contributed by atoms with Crippen molar-refractivity contribution in [2.75, 3.05) is 7.11 Å². The van der Waals surface area contributed by atoms with Crippen LogP contribution in [0.2, 0.25) is 0 Å². The quantitative estimate of drug-likeness (QED) is 0.527. The Morgan fingerprint density at radius 3 is 2.52 bits per heavy atom. The lowest BCUT2D eigenvalue weighted by molar-refractivity contribution is -0.105. The van der Waals surface area contributed by atoms with Crippen LogP contribution < -0.4 is 0 Å². The highest BCUT2D eigenvalue weighted by Crippen LogP contribution is 2.40. The van der Waals surface area contributed by atoms with Gasteiger partial charge < -0.3 is 9.84 Å². The Balaban J connectivity index is 2.27. The molecule has 0 saturated heterocycles. The molecule has 21 heavy (non-hydrogen) atoms. The summed E-state index contributed by atoms with van der Waals surface area (Å²) >= 11 is 6.05. The molecule has 0 radical (unpaired) electrons. The monoisotopic (exact) mass is 306 g/mol. The standard InChI is InChI=1S/C16H15ClO4/c1-21-16(20)11-4-2-10(3-5-11)12-6-13(8-18)15(17)14(7-12)9-19/h2-5,8-9,12,18H,6-7H2,1H3. The van der Waals surface area contributed by atoms with Crippen molar-refractivity contribution < 1.29 is 19.4 Å². The summed E-state index contributed by atoms with van der Waals surface area (Å²) in [7, 11) is 1.33. The van der Waals surface area contributed by atoms with E-state index >= 15 is 0 Å². The summed E-state index contributed by atoms with van der Waals surface area (Å²) < 4.78 is 4.65. The molecule has 0 bridgehead atoms. The van der Waals surface area contributed by atoms with Gasteiger partial charge in [-0.1, -0.05) is 23.7 Å². The van der Waals surface area contributed by atoms with Gasteiger partial charge in [0.25, 0.3) is 0 Å². The second kappa shape index (κ2) is 6.59. The number of aliphatic hydroxyl groups is 1. The van der Waals surface area contributed by atoms with Crippen LogP contribution in [0, 0.1) is 0 Å². The van der Waals surface area contributed by atoms with Crippen LogP contribution in [0.15, 0.2) is 46.7 Å². The van der Waals surface area contributed by atoms with E-state index in [-0.39, 0.29) is 5.92 Å². The Morgan fingerprint density at radius 1 is 1.33 bits per heavy atom. The van der Waals surface area contributed by atoms with Crippen LogP contribution in [-0.4, -0.2) is 24.5 Å². The van der Waals surface area contributed by atoms with E-state index in [1.807, 2.05) is 12.1 Å². The van der Waals surface area contributed by atoms with E-state index in [2.05, 4.69) is 4.74 Å². The molecule has 1 atom stereocenters. The molecule has 110 valence electrons. The number of ether oxygens (including phenoxy) is 1. The molecule has 0 spiro atoms. The number of methoxy groups -OCH3 is 1. The molecule has 5 heteroatoms. The topological polar surface area (TPSA) is 63.6 Å². The van der Waals surface area contributed by atoms with E-state index < -0.39 is 5.97 Å². The first-order valence-electron chi connectivity index (χ1n) is 6.46. The summed E-state index contributed by atoms with van der Waals surface area (Å²) in [5.74, 6) is -0.351. The summed E-state index contributed by atoms with van der Waals surface area (Å²) in [6.07, 6.45) is 2.73. The van der Waals surface area contributed by atoms with Gasteiger partial charge in [0.2, 0.25) is 0 Å². The summed E-state index contributed by atoms with van der Waals surface area (Å²) in [5, 5.41) is 9.56. The fourth-order valence-corrected chi connectivity index (χ4v) is 2.69. The predicted octanol–water partition coefficient (Wildman–Crippen LogP) is 3.48. The third-order valence-corrected chi connectivity index (χ3v) is 4.08. The van der Waals surface area contributed by atoms with Crippen LogP contribution in [-0.2, 0) is 9.53 Å². The summed E-state index contributed by atoms with van der Waals surface area (Å²) in [5.41, 5.74) is 2.47. The van der Waals surface area contributed by atoms with E-state index in [9.17, 15) is 14.7 Å². The molecule has 0 amide bonds. The van der Waals surface area contributed by atoms with Crippen LogP contribution in [0.4, 0.5) is 0 Å². The number of hydrogen-bond donors (Lipinski definition) is 1. The maximum Gasteiger partial charge on any atom is 0.337 e. The zero-order chi connectivity index (χ0) is 15.4. The largest absolute Gasteiger partial charge is 0.515 e. The van der Waals surface area contributed by atoms with Crippen LogP contribution in [0.3, 0.4) is 0 Å². The van der Waals surface area contributed by atoms with Crippen LogP contribution in [0.5, 0.6) is 0 Å². The van der Waals surface area contributed by atoms with E-state index in [1.165, 1.54) is 7.11 Å². The molecule has 1 aliphatic carbocycles. The Morgan fingerprint density at radius 2 is 2.00 bits per heavy atom. The Kier molecular flexibility index (Phi) is 4.81. The second-order valence-electron chi connectivity index (χ2n) is 4.83. The third kappa shape index (κ3) is 3.16. The SMILES string of the molecule is COC(=O)c1ccc(C2CC(=CO)C(Cl)=C(C=O)C2)cc1. The average molecular weight is 307 g/mol. The smallest absolute Gasteiger partial charge is 0.337 e. The molecule has 2 rings (SSSR count). The van der Waals surface area contributed by atoms with Crippen molar-refractivity contribution in [1.29, 1.82) is 0 Å². The van der Waals surface area contributed by atoms with E-state index in [0.29, 0.717) is 34.6 Å². The number of allylic oxidation sites excluding steroid dienone is 3. The lowest BCUT2D eigenvalue weighted by Gasteiger charge is -2.24. The molecular formula is C16H15ClO4. The molecular weight excluding hydrogens is 292 g/mol. The number of rotatable bonds is 3. The molecule has 0 aromatic heterocycles. The van der Waals surface area contributed by atoms with Gasteiger partial charge in [-0.3, -0.25) is 4.79 Å². The minimum atomic E-state index is -0.391. The van der Waals surface area contributed by atoms with E-state index in [0.717, 1.165) is 18.1 Å². The van der Waals surface area contributed by atoms with Crippen LogP contribution in [0.1, 0.15) is 34.7 Å². The van der Waals surface area contributed by atoms with Crippen molar-refractivity contribution in [3.63, 3.8) is 0 Å². The first kappa shape index (κ1) is 15.3. The molecule has 0 saturated carbocycles. The fraction of sp³-hybridized carbons (Fsp3) is 0.250. The van der Waals surface area contributed by atoms with Crippen molar-refractivity contribution >= 4 is 23.9 Å². The minimum absolute atomic E-state index is 0.0396. The van der Waals surface area contributed by atoms with Crippen molar-refractivity contribution in [2.45, 2.75) is 18.8 Å². The normalized spacial score (nSPS) is 20.5. The van der Waals surface area contributed by atoms with Crippen molar-refractivity contribution in [2.24, 2.45) is 0 Å². The Labute approximate surface area is 127 Å². The maximum absolute atomic E-state index is 11.4. The van der Waals surface area contributed by atoms with Crippen LogP contribution in [0.25, 0.3) is 0 Å². The first-order chi connectivity index (χ1) is 10.1. The first-order valence-corrected chi connectivity index (χ1v) is 6.84. The van der Waals surface area contributed by atoms with Gasteiger partial charge in [-0.15, -0.1) is 0 Å². The average Bonchev–Trinajstić information content (AvgIpc) is 2.54. The number of benzene rings is 1. The van der Waals surface area contributed by atoms with Gasteiger partial charge in [0.15, 0.2) is 0 Å². The second-order valence-corrected chi connectivity index (χ2v) is 5.21. The molecule has 1 unspecified atom stereocenters. The molecule has 0 heterocycles. The number of hydrogen-bond acceptors (Lipinski definition) is 4. The number of halogens is 1. The van der Waals surface area contributed by atoms with Gasteiger partial charge in [-0.2, -0.15) is 0 Å². The Bertz CT molecular complexity index is 614. The fourth-order valence-electron chi connectivity index (χ4n) is 2.44. The highest BCUT2D eigenvalue weighted by molar-refractivity contribution is 6.33. The number of aldehydes is 1. The van der Waals surface area contributed by atoms with Gasteiger partial charge in [0, 0.05) is 11.1 Å². The lowest BCUT2D eigenvalue weighted by atomic mass is 9.81. The van der Waals surface area contributed by atoms with Crippen LogP contribution >= 0.6 is 11.6 Å². The molecule has 1 aliphatic rings. The van der Waals surface area contributed by atoms with Gasteiger partial charge in [-0.05, 0) is 36.5 Å². The zero-order valence-corrected chi connectivity index (χ0v) is 12.3. The number of esters is 1. The number of carbonyl (C=O) groups is 2. The van der Waals surface area contributed by atoms with E-state index in [1.54, 1.807) is 12.1 Å². The number of carbonyl (C=O) groups excluding carboxylic acids is 2.